The van der Waals surface area contributed by atoms with E-state index in [9.17, 15) is 0 Å². The van der Waals surface area contributed by atoms with Crippen molar-refractivity contribution in [2.75, 3.05) is 0 Å². The van der Waals surface area contributed by atoms with Crippen LogP contribution in [0.2, 0.25) is 4.47 Å². The first-order valence-corrected chi connectivity index (χ1v) is 7.11. The molecule has 0 aromatic carbocycles. The van der Waals surface area contributed by atoms with E-state index in [2.05, 4.69) is 41.5 Å². The fourth-order valence-corrected chi connectivity index (χ4v) is 4.90. The molecule has 0 atom stereocenters. The topological polar surface area (TPSA) is 9.23 Å². The molecule has 0 unspecified atom stereocenters. The molecule has 1 rings (SSSR count). The molecule has 1 fully saturated rings. The van der Waals surface area contributed by atoms with E-state index in [0.29, 0.717) is 5.41 Å². The zero-order valence-corrected chi connectivity index (χ0v) is 11.4. The Balaban J connectivity index is 2.99. The standard InChI is InChI=1S/C10H20OTe/c1-8(2)7-12-11-10(5,6)9(8,3)4/h7H2,1-6H3. The van der Waals surface area contributed by atoms with Gasteiger partial charge in [0, 0.05) is 0 Å². The Hall–Kier alpha value is 0.750. The Labute approximate surface area is 86.9 Å². The first kappa shape index (κ1) is 10.8. The van der Waals surface area contributed by atoms with Crippen LogP contribution in [-0.2, 0) is 3.10 Å². The third-order valence-electron chi connectivity index (χ3n) is 3.88. The van der Waals surface area contributed by atoms with Crippen LogP contribution >= 0.6 is 0 Å². The van der Waals surface area contributed by atoms with Crippen LogP contribution in [0.4, 0.5) is 0 Å². The second kappa shape index (κ2) is 2.87. The molecular formula is C10H20OTe. The Kier molecular flexibility index (Phi) is 2.59. The van der Waals surface area contributed by atoms with Gasteiger partial charge in [-0.15, -0.1) is 0 Å². The summed E-state index contributed by atoms with van der Waals surface area (Å²) in [5, 5.41) is 0. The van der Waals surface area contributed by atoms with E-state index in [1.807, 2.05) is 0 Å². The van der Waals surface area contributed by atoms with E-state index in [0.717, 1.165) is 0 Å². The van der Waals surface area contributed by atoms with Gasteiger partial charge >= 0.3 is 86.9 Å². The second-order valence-electron chi connectivity index (χ2n) is 5.36. The molecule has 0 spiro atoms. The van der Waals surface area contributed by atoms with Crippen LogP contribution in [0.5, 0.6) is 0 Å². The van der Waals surface area contributed by atoms with E-state index in [4.69, 9.17) is 3.10 Å². The molecule has 12 heavy (non-hydrogen) atoms. The van der Waals surface area contributed by atoms with E-state index in [-0.39, 0.29) is 32.4 Å². The van der Waals surface area contributed by atoms with Gasteiger partial charge in [0.25, 0.3) is 0 Å². The van der Waals surface area contributed by atoms with Crippen LogP contribution in [0.3, 0.4) is 0 Å². The Morgan fingerprint density at radius 1 is 1.00 bits per heavy atom. The van der Waals surface area contributed by atoms with Crippen molar-refractivity contribution in [3.8, 4) is 0 Å². The van der Waals surface area contributed by atoms with E-state index < -0.39 is 0 Å². The molecule has 0 N–H and O–H groups in total. The molecule has 0 aliphatic carbocycles. The Bertz CT molecular complexity index is 164. The zero-order valence-electron chi connectivity index (χ0n) is 9.02. The predicted octanol–water partition coefficient (Wildman–Crippen LogP) is 2.89. The quantitative estimate of drug-likeness (QED) is 0.621. The van der Waals surface area contributed by atoms with Gasteiger partial charge in [-0.2, -0.15) is 0 Å². The fraction of sp³-hybridized carbons (Fsp3) is 1.00. The van der Waals surface area contributed by atoms with E-state index in [1.165, 1.54) is 4.47 Å². The SMILES string of the molecule is CC1(C)C[Te]OC(C)(C)C1(C)C. The van der Waals surface area contributed by atoms with Crippen molar-refractivity contribution in [1.29, 1.82) is 0 Å². The van der Waals surface area contributed by atoms with Crippen molar-refractivity contribution in [3.05, 3.63) is 0 Å². The van der Waals surface area contributed by atoms with Crippen molar-refractivity contribution < 1.29 is 3.10 Å². The van der Waals surface area contributed by atoms with Crippen molar-refractivity contribution >= 4 is 21.3 Å². The monoisotopic (exact) mass is 286 g/mol. The van der Waals surface area contributed by atoms with Gasteiger partial charge in [-0.25, -0.2) is 0 Å². The van der Waals surface area contributed by atoms with Crippen molar-refractivity contribution in [3.63, 3.8) is 0 Å². The third kappa shape index (κ3) is 1.43. The maximum absolute atomic E-state index is 5.95. The summed E-state index contributed by atoms with van der Waals surface area (Å²) in [7, 11) is 0. The van der Waals surface area contributed by atoms with Gasteiger partial charge in [0.1, 0.15) is 0 Å². The predicted molar refractivity (Wildman–Crippen MR) is 53.3 cm³/mol. The van der Waals surface area contributed by atoms with E-state index >= 15 is 0 Å². The van der Waals surface area contributed by atoms with Crippen LogP contribution in [0.15, 0.2) is 0 Å². The first-order valence-electron chi connectivity index (χ1n) is 4.51. The molecule has 1 heterocycles. The van der Waals surface area contributed by atoms with Crippen molar-refractivity contribution in [2.45, 2.75) is 51.6 Å². The third-order valence-corrected chi connectivity index (χ3v) is 7.81. The van der Waals surface area contributed by atoms with Gasteiger partial charge in [0.2, 0.25) is 0 Å². The minimum absolute atomic E-state index is 0.0665. The number of hydrogen-bond acceptors (Lipinski definition) is 1. The van der Waals surface area contributed by atoms with Gasteiger partial charge in [0.15, 0.2) is 0 Å². The van der Waals surface area contributed by atoms with Crippen LogP contribution < -0.4 is 0 Å². The van der Waals surface area contributed by atoms with Gasteiger partial charge in [-0.05, 0) is 0 Å². The Morgan fingerprint density at radius 3 is 1.83 bits per heavy atom. The fourth-order valence-electron chi connectivity index (χ4n) is 1.42. The van der Waals surface area contributed by atoms with Crippen LogP contribution in [-0.4, -0.2) is 26.9 Å². The number of rotatable bonds is 0. The molecule has 0 saturated carbocycles. The molecule has 1 aliphatic heterocycles. The maximum atomic E-state index is 5.95. The molecule has 72 valence electrons. The number of hydrogen-bond donors (Lipinski definition) is 0. The van der Waals surface area contributed by atoms with Gasteiger partial charge in [0.05, 0.1) is 0 Å². The summed E-state index contributed by atoms with van der Waals surface area (Å²) in [6.07, 6.45) is 0. The summed E-state index contributed by atoms with van der Waals surface area (Å²) < 4.78 is 7.25. The summed E-state index contributed by atoms with van der Waals surface area (Å²) in [6, 6.07) is 0. The van der Waals surface area contributed by atoms with Crippen molar-refractivity contribution in [2.24, 2.45) is 10.8 Å². The summed E-state index contributed by atoms with van der Waals surface area (Å²) in [4.78, 5) is 0. The molecule has 0 amide bonds. The minimum atomic E-state index is -0.193. The molecule has 0 aromatic heterocycles. The van der Waals surface area contributed by atoms with Crippen LogP contribution in [0.1, 0.15) is 41.5 Å². The summed E-state index contributed by atoms with van der Waals surface area (Å²) in [6.45, 7) is 13.9. The molecule has 0 aromatic rings. The molecule has 1 nitrogen and oxygen atoms in total. The summed E-state index contributed by atoms with van der Waals surface area (Å²) in [5.74, 6) is 0. The molecule has 1 saturated heterocycles. The van der Waals surface area contributed by atoms with Gasteiger partial charge < -0.3 is 0 Å². The molecular weight excluding hydrogens is 264 g/mol. The van der Waals surface area contributed by atoms with Crippen molar-refractivity contribution in [1.82, 2.24) is 0 Å². The van der Waals surface area contributed by atoms with E-state index in [1.54, 1.807) is 0 Å². The molecule has 2 heteroatoms. The zero-order chi connectivity index (χ0) is 9.62. The molecule has 0 bridgehead atoms. The normalized spacial score (nSPS) is 31.5. The first-order chi connectivity index (χ1) is 5.21. The molecule has 0 radical (unpaired) electrons. The second-order valence-corrected chi connectivity index (χ2v) is 7.34. The average molecular weight is 284 g/mol. The Morgan fingerprint density at radius 2 is 1.50 bits per heavy atom. The summed E-state index contributed by atoms with van der Waals surface area (Å²) in [5.41, 5.74) is 0.789. The van der Waals surface area contributed by atoms with Crippen LogP contribution in [0.25, 0.3) is 0 Å². The van der Waals surface area contributed by atoms with Gasteiger partial charge in [-0.3, -0.25) is 0 Å². The average Bonchev–Trinajstić information content (AvgIpc) is 1.83. The van der Waals surface area contributed by atoms with Crippen LogP contribution in [0, 0.1) is 10.8 Å². The summed E-state index contributed by atoms with van der Waals surface area (Å²) >= 11 is -0.193. The van der Waals surface area contributed by atoms with Gasteiger partial charge in [-0.1, -0.05) is 0 Å². The molecule has 1 aliphatic rings.